The molecule has 0 radical (unpaired) electrons. The van der Waals surface area contributed by atoms with Crippen LogP contribution in [0, 0.1) is 17.6 Å². The number of hydrogen-bond acceptors (Lipinski definition) is 3. The molecular formula is C18H27F2N3O. The van der Waals surface area contributed by atoms with Crippen molar-refractivity contribution in [3.8, 4) is 0 Å². The number of likely N-dealkylation sites (tertiary alicyclic amines) is 1. The number of halogens is 2. The molecule has 6 heteroatoms. The van der Waals surface area contributed by atoms with E-state index in [2.05, 4.69) is 10.2 Å². The predicted molar refractivity (Wildman–Crippen MR) is 90.2 cm³/mol. The van der Waals surface area contributed by atoms with Gasteiger partial charge in [-0.1, -0.05) is 26.3 Å². The number of nitrogens with two attached hydrogens (primary N) is 1. The van der Waals surface area contributed by atoms with E-state index in [1.54, 1.807) is 6.07 Å². The van der Waals surface area contributed by atoms with E-state index in [9.17, 15) is 13.6 Å². The molecule has 2 rings (SSSR count). The summed E-state index contributed by atoms with van der Waals surface area (Å²) in [6.45, 7) is 6.21. The van der Waals surface area contributed by atoms with Crippen LogP contribution >= 0.6 is 0 Å². The Morgan fingerprint density at radius 2 is 2.00 bits per heavy atom. The van der Waals surface area contributed by atoms with Crippen molar-refractivity contribution in [1.29, 1.82) is 0 Å². The van der Waals surface area contributed by atoms with Crippen molar-refractivity contribution in [3.05, 3.63) is 35.4 Å². The number of rotatable bonds is 6. The summed E-state index contributed by atoms with van der Waals surface area (Å²) in [5.41, 5.74) is 6.72. The number of nitrogens with one attached hydrogen (secondary N) is 1. The zero-order valence-electron chi connectivity index (χ0n) is 14.4. The molecule has 1 aromatic carbocycles. The fraction of sp³-hybridized carbons (Fsp3) is 0.611. The standard InChI is InChI=1S/C18H27F2N3O/c1-3-12(2)17(21)18(24)22-14-6-8-23(9-7-14)11-13-4-5-15(19)16(20)10-13/h4-5,10,12,14,17H,3,6-9,11,21H2,1-2H3,(H,22,24). The molecule has 2 atom stereocenters. The molecule has 3 N–H and O–H groups in total. The minimum atomic E-state index is -0.821. The molecule has 134 valence electrons. The highest BCUT2D eigenvalue weighted by atomic mass is 19.2. The Morgan fingerprint density at radius 3 is 2.58 bits per heavy atom. The van der Waals surface area contributed by atoms with E-state index in [-0.39, 0.29) is 17.9 Å². The molecule has 1 heterocycles. The Labute approximate surface area is 142 Å². The first-order valence-corrected chi connectivity index (χ1v) is 8.63. The van der Waals surface area contributed by atoms with Crippen LogP contribution in [0.25, 0.3) is 0 Å². The average molecular weight is 339 g/mol. The number of carbonyl (C=O) groups is 1. The number of piperidine rings is 1. The minimum Gasteiger partial charge on any atom is -0.352 e. The van der Waals surface area contributed by atoms with E-state index < -0.39 is 17.7 Å². The van der Waals surface area contributed by atoms with Crippen LogP contribution in [-0.4, -0.2) is 36.0 Å². The van der Waals surface area contributed by atoms with E-state index in [0.29, 0.717) is 6.54 Å². The summed E-state index contributed by atoms with van der Waals surface area (Å²) in [5.74, 6) is -1.55. The van der Waals surface area contributed by atoms with Crippen molar-refractivity contribution < 1.29 is 13.6 Å². The molecule has 1 aromatic rings. The van der Waals surface area contributed by atoms with Crippen LogP contribution in [0.15, 0.2) is 18.2 Å². The molecule has 4 nitrogen and oxygen atoms in total. The minimum absolute atomic E-state index is 0.0802. The third-order valence-electron chi connectivity index (χ3n) is 4.88. The van der Waals surface area contributed by atoms with Gasteiger partial charge in [-0.25, -0.2) is 8.78 Å². The van der Waals surface area contributed by atoms with Gasteiger partial charge >= 0.3 is 0 Å². The molecule has 24 heavy (non-hydrogen) atoms. The SMILES string of the molecule is CCC(C)C(N)C(=O)NC1CCN(Cc2ccc(F)c(F)c2)CC1. The van der Waals surface area contributed by atoms with Crippen LogP contribution in [0.4, 0.5) is 8.78 Å². The van der Waals surface area contributed by atoms with E-state index >= 15 is 0 Å². The van der Waals surface area contributed by atoms with Gasteiger partial charge in [0.05, 0.1) is 6.04 Å². The maximum atomic E-state index is 13.3. The van der Waals surface area contributed by atoms with Gasteiger partial charge in [-0.3, -0.25) is 9.69 Å². The van der Waals surface area contributed by atoms with Gasteiger partial charge in [0.2, 0.25) is 5.91 Å². The second-order valence-electron chi connectivity index (χ2n) is 6.72. The maximum Gasteiger partial charge on any atom is 0.237 e. The zero-order valence-corrected chi connectivity index (χ0v) is 14.4. The molecular weight excluding hydrogens is 312 g/mol. The number of nitrogens with zero attached hydrogens (tertiary/aromatic N) is 1. The van der Waals surface area contributed by atoms with Crippen molar-refractivity contribution in [2.45, 2.75) is 51.7 Å². The van der Waals surface area contributed by atoms with Gasteiger partial charge < -0.3 is 11.1 Å². The average Bonchev–Trinajstić information content (AvgIpc) is 2.58. The van der Waals surface area contributed by atoms with Crippen LogP contribution in [0.5, 0.6) is 0 Å². The van der Waals surface area contributed by atoms with Crippen molar-refractivity contribution in [2.24, 2.45) is 11.7 Å². The molecule has 0 aromatic heterocycles. The van der Waals surface area contributed by atoms with Gasteiger partial charge in [0.25, 0.3) is 0 Å². The molecule has 0 spiro atoms. The van der Waals surface area contributed by atoms with E-state index in [0.717, 1.165) is 44.0 Å². The highest BCUT2D eigenvalue weighted by Crippen LogP contribution is 2.16. The molecule has 2 unspecified atom stereocenters. The monoisotopic (exact) mass is 339 g/mol. The summed E-state index contributed by atoms with van der Waals surface area (Å²) in [4.78, 5) is 14.3. The van der Waals surface area contributed by atoms with Gasteiger partial charge in [-0.05, 0) is 36.5 Å². The number of amides is 1. The lowest BCUT2D eigenvalue weighted by atomic mass is 9.98. The lowest BCUT2D eigenvalue weighted by Crippen LogP contribution is -2.51. The van der Waals surface area contributed by atoms with Crippen molar-refractivity contribution in [3.63, 3.8) is 0 Å². The summed E-state index contributed by atoms with van der Waals surface area (Å²) >= 11 is 0. The lowest BCUT2D eigenvalue weighted by Gasteiger charge is -2.33. The zero-order chi connectivity index (χ0) is 17.7. The van der Waals surface area contributed by atoms with Crippen molar-refractivity contribution >= 4 is 5.91 Å². The number of hydrogen-bond donors (Lipinski definition) is 2. The Kier molecular flexibility index (Phi) is 6.69. The van der Waals surface area contributed by atoms with Crippen molar-refractivity contribution in [1.82, 2.24) is 10.2 Å². The predicted octanol–water partition coefficient (Wildman–Crippen LogP) is 2.42. The largest absolute Gasteiger partial charge is 0.352 e. The van der Waals surface area contributed by atoms with Gasteiger partial charge in [0.15, 0.2) is 11.6 Å². The van der Waals surface area contributed by atoms with Gasteiger partial charge in [-0.15, -0.1) is 0 Å². The van der Waals surface area contributed by atoms with E-state index in [1.165, 1.54) is 6.07 Å². The molecule has 1 aliphatic rings. The molecule has 0 aliphatic carbocycles. The summed E-state index contributed by atoms with van der Waals surface area (Å²) in [6, 6.07) is 3.68. The molecule has 1 fully saturated rings. The molecule has 1 saturated heterocycles. The van der Waals surface area contributed by atoms with E-state index in [1.807, 2.05) is 13.8 Å². The Hall–Kier alpha value is -1.53. The van der Waals surface area contributed by atoms with Gasteiger partial charge in [0.1, 0.15) is 0 Å². The van der Waals surface area contributed by atoms with Crippen LogP contribution in [0.2, 0.25) is 0 Å². The Morgan fingerprint density at radius 1 is 1.33 bits per heavy atom. The second-order valence-corrected chi connectivity index (χ2v) is 6.72. The fourth-order valence-electron chi connectivity index (χ4n) is 2.94. The summed E-state index contributed by atoms with van der Waals surface area (Å²) in [5, 5.41) is 3.03. The third-order valence-corrected chi connectivity index (χ3v) is 4.88. The smallest absolute Gasteiger partial charge is 0.237 e. The third kappa shape index (κ3) is 4.98. The molecule has 1 amide bonds. The summed E-state index contributed by atoms with van der Waals surface area (Å²) in [6.07, 6.45) is 2.55. The topological polar surface area (TPSA) is 58.4 Å². The van der Waals surface area contributed by atoms with Crippen LogP contribution in [0.3, 0.4) is 0 Å². The van der Waals surface area contributed by atoms with Gasteiger partial charge in [-0.2, -0.15) is 0 Å². The first kappa shape index (κ1) is 18.8. The lowest BCUT2D eigenvalue weighted by molar-refractivity contribution is -0.124. The highest BCUT2D eigenvalue weighted by Gasteiger charge is 2.25. The summed E-state index contributed by atoms with van der Waals surface area (Å²) < 4.78 is 26.2. The fourth-order valence-corrected chi connectivity index (χ4v) is 2.94. The quantitative estimate of drug-likeness (QED) is 0.837. The molecule has 0 saturated carbocycles. The first-order chi connectivity index (χ1) is 11.4. The Balaban J connectivity index is 1.79. The second kappa shape index (κ2) is 8.53. The van der Waals surface area contributed by atoms with Crippen LogP contribution in [-0.2, 0) is 11.3 Å². The first-order valence-electron chi connectivity index (χ1n) is 8.63. The summed E-state index contributed by atoms with van der Waals surface area (Å²) in [7, 11) is 0. The van der Waals surface area contributed by atoms with Crippen LogP contribution in [0.1, 0.15) is 38.7 Å². The van der Waals surface area contributed by atoms with Crippen molar-refractivity contribution in [2.75, 3.05) is 13.1 Å². The normalized spacial score (nSPS) is 19.0. The number of carbonyl (C=O) groups excluding carboxylic acids is 1. The Bertz CT molecular complexity index is 559. The molecule has 0 bridgehead atoms. The number of benzene rings is 1. The van der Waals surface area contributed by atoms with Crippen LogP contribution < -0.4 is 11.1 Å². The van der Waals surface area contributed by atoms with E-state index in [4.69, 9.17) is 5.73 Å². The maximum absolute atomic E-state index is 13.3. The highest BCUT2D eigenvalue weighted by molar-refractivity contribution is 5.82. The molecule has 1 aliphatic heterocycles. The van der Waals surface area contributed by atoms with Gasteiger partial charge in [0, 0.05) is 25.7 Å².